The molecule has 0 radical (unpaired) electrons. The average Bonchev–Trinajstić information content (AvgIpc) is 3.21. The Balaban J connectivity index is 0. The van der Waals surface area contributed by atoms with Crippen LogP contribution in [0.5, 0.6) is 0 Å². The van der Waals surface area contributed by atoms with Gasteiger partial charge in [-0.15, -0.1) is 0 Å². The Kier molecular flexibility index (Phi) is 55.0. The molecule has 0 aromatic rings. The lowest BCUT2D eigenvalue weighted by Crippen LogP contribution is -2.50. The highest BCUT2D eigenvalue weighted by atomic mass is 28.4. The fourth-order valence-electron chi connectivity index (χ4n) is 7.23. The van der Waals surface area contributed by atoms with Gasteiger partial charge in [-0.25, -0.2) is 0 Å². The van der Waals surface area contributed by atoms with E-state index in [1.54, 1.807) is 0 Å². The number of aliphatic hydroxyl groups is 1. The summed E-state index contributed by atoms with van der Waals surface area (Å²) in [5, 5.41) is 8.51. The molecule has 1 N–H and O–H groups in total. The standard InChI is InChI=1S/C40H84O4Si.C10H22O/c1-5-9-13-17-21-25-29-33-37-41-45(42-38-34-30-26-22-18-14-10-6-2,43-39-35-31-27-23-19-15-11-7-3)44-40-36-32-28-24-20-16-12-8-4;1-2-3-4-5-6-7-8-9-10-11/h5-40H2,1-4H3;11H,2-10H2,1H3. The maximum Gasteiger partial charge on any atom is 0.679 e. The number of hydrogen-bond donors (Lipinski definition) is 1. The highest BCUT2D eigenvalue weighted by molar-refractivity contribution is 6.53. The predicted octanol–water partition coefficient (Wildman–Crippen LogP) is 17.2. The molecular weight excluding hydrogens is 709 g/mol. The second-order valence-electron chi connectivity index (χ2n) is 17.0. The third-order valence-electron chi connectivity index (χ3n) is 11.1. The minimum Gasteiger partial charge on any atom is -0.396 e. The minimum atomic E-state index is -3.14. The highest BCUT2D eigenvalue weighted by Gasteiger charge is 2.45. The summed E-state index contributed by atoms with van der Waals surface area (Å²) in [7, 11) is -3.14. The van der Waals surface area contributed by atoms with Crippen LogP contribution in [0.1, 0.15) is 291 Å². The molecule has 0 aliphatic carbocycles. The maximum absolute atomic E-state index is 8.51. The van der Waals surface area contributed by atoms with Gasteiger partial charge < -0.3 is 22.8 Å². The van der Waals surface area contributed by atoms with Crippen LogP contribution in [0.4, 0.5) is 0 Å². The predicted molar refractivity (Wildman–Crippen MR) is 250 cm³/mol. The summed E-state index contributed by atoms with van der Waals surface area (Å²) < 4.78 is 26.3. The van der Waals surface area contributed by atoms with Gasteiger partial charge >= 0.3 is 9.05 Å². The molecule has 0 aliphatic rings. The molecule has 0 heterocycles. The zero-order valence-electron chi connectivity index (χ0n) is 39.4. The van der Waals surface area contributed by atoms with E-state index in [9.17, 15) is 0 Å². The van der Waals surface area contributed by atoms with Crippen molar-refractivity contribution in [3.05, 3.63) is 0 Å². The quantitative estimate of drug-likeness (QED) is 0.0490. The first-order valence-electron chi connectivity index (χ1n) is 25.8. The third-order valence-corrected chi connectivity index (χ3v) is 13.3. The zero-order chi connectivity index (χ0) is 41.1. The summed E-state index contributed by atoms with van der Waals surface area (Å²) >= 11 is 0. The maximum atomic E-state index is 8.51. The van der Waals surface area contributed by atoms with Crippen molar-refractivity contribution in [3.63, 3.8) is 0 Å². The molecule has 0 rings (SSSR count). The fourth-order valence-corrected chi connectivity index (χ4v) is 9.31. The summed E-state index contributed by atoms with van der Waals surface area (Å²) in [5.74, 6) is 0. The summed E-state index contributed by atoms with van der Waals surface area (Å²) in [4.78, 5) is 0. The minimum absolute atomic E-state index is 0.370. The number of hydrogen-bond acceptors (Lipinski definition) is 5. The van der Waals surface area contributed by atoms with Gasteiger partial charge in [-0.05, 0) is 32.1 Å². The van der Waals surface area contributed by atoms with E-state index in [0.717, 1.165) is 32.1 Å². The van der Waals surface area contributed by atoms with E-state index in [1.807, 2.05) is 0 Å². The van der Waals surface area contributed by atoms with Crippen LogP contribution in [-0.4, -0.2) is 47.2 Å². The molecular formula is C50H106O5Si. The van der Waals surface area contributed by atoms with Crippen molar-refractivity contribution in [2.24, 2.45) is 0 Å². The normalized spacial score (nSPS) is 11.7. The lowest BCUT2D eigenvalue weighted by molar-refractivity contribution is -0.0375. The number of unbranched alkanes of at least 4 members (excludes halogenated alkanes) is 35. The molecule has 0 atom stereocenters. The van der Waals surface area contributed by atoms with E-state index in [0.29, 0.717) is 33.0 Å². The van der Waals surface area contributed by atoms with E-state index < -0.39 is 9.05 Å². The second kappa shape index (κ2) is 53.0. The molecule has 0 saturated carbocycles. The van der Waals surface area contributed by atoms with E-state index in [2.05, 4.69) is 34.6 Å². The molecule has 0 spiro atoms. The summed E-state index contributed by atoms with van der Waals surface area (Å²) in [6.45, 7) is 14.6. The molecule has 340 valence electrons. The van der Waals surface area contributed by atoms with Gasteiger partial charge in [0.25, 0.3) is 0 Å². The van der Waals surface area contributed by atoms with Gasteiger partial charge in [-0.2, -0.15) is 0 Å². The van der Waals surface area contributed by atoms with E-state index in [4.69, 9.17) is 22.8 Å². The van der Waals surface area contributed by atoms with E-state index in [1.165, 1.54) is 225 Å². The summed E-state index contributed by atoms with van der Waals surface area (Å²) in [5.41, 5.74) is 0. The Bertz CT molecular complexity index is 564. The van der Waals surface area contributed by atoms with Crippen LogP contribution < -0.4 is 0 Å². The van der Waals surface area contributed by atoms with Gasteiger partial charge in [0.1, 0.15) is 0 Å². The lowest BCUT2D eigenvalue weighted by atomic mass is 10.1. The Morgan fingerprint density at radius 3 is 0.571 bits per heavy atom. The topological polar surface area (TPSA) is 57.2 Å². The van der Waals surface area contributed by atoms with Crippen molar-refractivity contribution in [3.8, 4) is 0 Å². The average molecular weight is 815 g/mol. The van der Waals surface area contributed by atoms with Crippen LogP contribution in [0.2, 0.25) is 0 Å². The molecule has 0 aliphatic heterocycles. The zero-order valence-corrected chi connectivity index (χ0v) is 40.4. The van der Waals surface area contributed by atoms with Crippen LogP contribution >= 0.6 is 0 Å². The van der Waals surface area contributed by atoms with Crippen molar-refractivity contribution in [1.82, 2.24) is 0 Å². The molecule has 0 aromatic heterocycles. The Morgan fingerprint density at radius 2 is 0.393 bits per heavy atom. The van der Waals surface area contributed by atoms with Crippen molar-refractivity contribution >= 4 is 9.05 Å². The largest absolute Gasteiger partial charge is 0.679 e. The van der Waals surface area contributed by atoms with Gasteiger partial charge in [0.15, 0.2) is 0 Å². The van der Waals surface area contributed by atoms with Gasteiger partial charge in [0, 0.05) is 33.0 Å². The Labute approximate surface area is 355 Å². The highest BCUT2D eigenvalue weighted by Crippen LogP contribution is 2.19. The first kappa shape index (κ1) is 58.1. The molecule has 0 aromatic carbocycles. The van der Waals surface area contributed by atoms with E-state index in [-0.39, 0.29) is 0 Å². The monoisotopic (exact) mass is 815 g/mol. The molecule has 0 saturated heterocycles. The lowest BCUT2D eigenvalue weighted by Gasteiger charge is -2.28. The number of rotatable bonds is 48. The van der Waals surface area contributed by atoms with Crippen molar-refractivity contribution < 1.29 is 22.8 Å². The van der Waals surface area contributed by atoms with Crippen LogP contribution in [0.3, 0.4) is 0 Å². The van der Waals surface area contributed by atoms with Gasteiger partial charge in [-0.3, -0.25) is 0 Å². The third kappa shape index (κ3) is 48.4. The van der Waals surface area contributed by atoms with Crippen LogP contribution in [0, 0.1) is 0 Å². The summed E-state index contributed by atoms with van der Waals surface area (Å²) in [6, 6.07) is 0. The first-order valence-corrected chi connectivity index (χ1v) is 27.5. The van der Waals surface area contributed by atoms with Crippen molar-refractivity contribution in [1.29, 1.82) is 0 Å². The Hall–Kier alpha value is 0.0169. The first-order chi connectivity index (χ1) is 27.7. The van der Waals surface area contributed by atoms with Crippen molar-refractivity contribution in [2.75, 3.05) is 33.0 Å². The molecule has 0 unspecified atom stereocenters. The Morgan fingerprint density at radius 1 is 0.232 bits per heavy atom. The summed E-state index contributed by atoms with van der Waals surface area (Å²) in [6.07, 6.45) is 52.0. The fraction of sp³-hybridized carbons (Fsp3) is 1.00. The smallest absolute Gasteiger partial charge is 0.396 e. The molecule has 56 heavy (non-hydrogen) atoms. The van der Waals surface area contributed by atoms with Gasteiger partial charge in [0.2, 0.25) is 0 Å². The molecule has 6 heteroatoms. The SMILES string of the molecule is CCCCCCCCCCO.CCCCCCCCCCO[Si](OCCCCCCCCCC)(OCCCCCCCCCC)OCCCCCCCCCC. The molecule has 0 bridgehead atoms. The van der Waals surface area contributed by atoms with E-state index >= 15 is 0 Å². The number of aliphatic hydroxyl groups excluding tert-OH is 1. The molecule has 0 amide bonds. The van der Waals surface area contributed by atoms with Crippen LogP contribution in [0.15, 0.2) is 0 Å². The second-order valence-corrected chi connectivity index (χ2v) is 19.1. The van der Waals surface area contributed by atoms with Crippen LogP contribution in [-0.2, 0) is 17.7 Å². The van der Waals surface area contributed by atoms with Crippen LogP contribution in [0.25, 0.3) is 0 Å². The molecule has 0 fully saturated rings. The van der Waals surface area contributed by atoms with Crippen molar-refractivity contribution in [2.45, 2.75) is 291 Å². The van der Waals surface area contributed by atoms with Gasteiger partial charge in [-0.1, -0.05) is 259 Å². The van der Waals surface area contributed by atoms with Gasteiger partial charge in [0.05, 0.1) is 0 Å². The molecule has 5 nitrogen and oxygen atoms in total.